The first-order valence-electron chi connectivity index (χ1n) is 4.55. The van der Waals surface area contributed by atoms with Crippen molar-refractivity contribution in [1.29, 1.82) is 0 Å². The quantitative estimate of drug-likeness (QED) is 0.576. The van der Waals surface area contributed by atoms with E-state index in [1.165, 1.54) is 16.1 Å². The third-order valence-corrected chi connectivity index (χ3v) is 2.52. The summed E-state index contributed by atoms with van der Waals surface area (Å²) in [6.07, 6.45) is 1.53. The molecule has 1 aromatic rings. The molecule has 0 aliphatic carbocycles. The van der Waals surface area contributed by atoms with Crippen LogP contribution in [0.15, 0.2) is 6.33 Å². The second kappa shape index (κ2) is 3.08. The lowest BCUT2D eigenvalue weighted by molar-refractivity contribution is -0.118. The summed E-state index contributed by atoms with van der Waals surface area (Å²) in [5.74, 6) is 0.214. The summed E-state index contributed by atoms with van der Waals surface area (Å²) in [6, 6.07) is 0. The highest BCUT2D eigenvalue weighted by atomic mass is 16.2. The lowest BCUT2D eigenvalue weighted by Gasteiger charge is -2.16. The SMILES string of the molecule is CN1CC(=O)N(C)c2c(ncn2C)C1=O. The van der Waals surface area contributed by atoms with Crippen molar-refractivity contribution in [3.05, 3.63) is 12.0 Å². The Bertz CT molecular complexity index is 437. The molecule has 0 saturated heterocycles. The van der Waals surface area contributed by atoms with Gasteiger partial charge in [-0.25, -0.2) is 4.98 Å². The largest absolute Gasteiger partial charge is 0.331 e. The topological polar surface area (TPSA) is 58.4 Å². The van der Waals surface area contributed by atoms with E-state index in [1.54, 1.807) is 25.7 Å². The first-order chi connectivity index (χ1) is 7.02. The second-order valence-corrected chi connectivity index (χ2v) is 3.64. The van der Waals surface area contributed by atoms with E-state index in [-0.39, 0.29) is 18.4 Å². The molecule has 1 aliphatic heterocycles. The minimum atomic E-state index is -0.219. The van der Waals surface area contributed by atoms with Crippen molar-refractivity contribution < 1.29 is 9.59 Å². The number of rotatable bonds is 0. The van der Waals surface area contributed by atoms with Gasteiger partial charge in [-0.15, -0.1) is 0 Å². The van der Waals surface area contributed by atoms with E-state index in [9.17, 15) is 9.59 Å². The maximum absolute atomic E-state index is 11.8. The Kier molecular flexibility index (Phi) is 1.99. The first kappa shape index (κ1) is 9.70. The molecular weight excluding hydrogens is 196 g/mol. The van der Waals surface area contributed by atoms with Gasteiger partial charge in [0.05, 0.1) is 6.33 Å². The fourth-order valence-corrected chi connectivity index (χ4v) is 1.65. The molecule has 15 heavy (non-hydrogen) atoms. The molecule has 0 saturated carbocycles. The molecule has 0 aromatic carbocycles. The van der Waals surface area contributed by atoms with Crippen LogP contribution in [0, 0.1) is 0 Å². The summed E-state index contributed by atoms with van der Waals surface area (Å²) in [7, 11) is 5.00. The molecule has 0 fully saturated rings. The Morgan fingerprint density at radius 2 is 1.93 bits per heavy atom. The molecule has 0 N–H and O–H groups in total. The number of likely N-dealkylation sites (N-methyl/N-ethyl adjacent to an activating group) is 2. The number of fused-ring (bicyclic) bond motifs is 1. The van der Waals surface area contributed by atoms with Gasteiger partial charge in [0, 0.05) is 21.1 Å². The van der Waals surface area contributed by atoms with Crippen LogP contribution in [-0.4, -0.2) is 46.9 Å². The Morgan fingerprint density at radius 1 is 1.27 bits per heavy atom. The van der Waals surface area contributed by atoms with Crippen LogP contribution in [0.5, 0.6) is 0 Å². The van der Waals surface area contributed by atoms with Crippen molar-refractivity contribution in [3.63, 3.8) is 0 Å². The van der Waals surface area contributed by atoms with Gasteiger partial charge in [0.2, 0.25) is 5.91 Å². The smallest absolute Gasteiger partial charge is 0.276 e. The molecule has 2 amide bonds. The van der Waals surface area contributed by atoms with Crippen LogP contribution in [0.1, 0.15) is 10.5 Å². The third kappa shape index (κ3) is 1.29. The Balaban J connectivity index is 2.61. The van der Waals surface area contributed by atoms with E-state index in [1.807, 2.05) is 0 Å². The molecule has 1 aliphatic rings. The minimum Gasteiger partial charge on any atom is -0.331 e. The Morgan fingerprint density at radius 3 is 2.60 bits per heavy atom. The number of aryl methyl sites for hydroxylation is 1. The normalized spacial score (nSPS) is 16.7. The average molecular weight is 208 g/mol. The lowest BCUT2D eigenvalue weighted by Crippen LogP contribution is -2.35. The van der Waals surface area contributed by atoms with E-state index < -0.39 is 0 Å². The molecule has 2 heterocycles. The summed E-state index contributed by atoms with van der Waals surface area (Å²) < 4.78 is 1.67. The van der Waals surface area contributed by atoms with Gasteiger partial charge in [-0.3, -0.25) is 14.5 Å². The minimum absolute atomic E-state index is 0.0890. The molecule has 0 bridgehead atoms. The predicted octanol–water partition coefficient (Wildman–Crippen LogP) is -0.532. The van der Waals surface area contributed by atoms with Gasteiger partial charge in [-0.05, 0) is 0 Å². The number of hydrogen-bond donors (Lipinski definition) is 0. The molecule has 2 rings (SSSR count). The van der Waals surface area contributed by atoms with Gasteiger partial charge in [-0.1, -0.05) is 0 Å². The molecule has 0 spiro atoms. The van der Waals surface area contributed by atoms with E-state index >= 15 is 0 Å². The van der Waals surface area contributed by atoms with Crippen molar-refractivity contribution >= 4 is 17.6 Å². The summed E-state index contributed by atoms with van der Waals surface area (Å²) in [5, 5.41) is 0. The van der Waals surface area contributed by atoms with Gasteiger partial charge in [0.25, 0.3) is 5.91 Å². The zero-order chi connectivity index (χ0) is 11.2. The molecule has 0 radical (unpaired) electrons. The zero-order valence-corrected chi connectivity index (χ0v) is 8.89. The second-order valence-electron chi connectivity index (χ2n) is 3.64. The standard InChI is InChI=1S/C9H12N4O2/c1-11-4-6(14)13(3)8-7(9(11)15)10-5-12(8)2/h5H,4H2,1-3H3. The summed E-state index contributed by atoms with van der Waals surface area (Å²) in [4.78, 5) is 30.3. The Hall–Kier alpha value is -1.85. The fraction of sp³-hybridized carbons (Fsp3) is 0.444. The summed E-state index contributed by atoms with van der Waals surface area (Å²) in [6.45, 7) is 0.0890. The predicted molar refractivity (Wildman–Crippen MR) is 53.6 cm³/mol. The highest BCUT2D eigenvalue weighted by molar-refractivity contribution is 6.07. The number of carbonyl (C=O) groups is 2. The van der Waals surface area contributed by atoms with Crippen LogP contribution in [0.4, 0.5) is 5.82 Å². The number of anilines is 1. The van der Waals surface area contributed by atoms with Crippen molar-refractivity contribution in [2.75, 3.05) is 25.5 Å². The highest BCUT2D eigenvalue weighted by Crippen LogP contribution is 2.21. The van der Waals surface area contributed by atoms with Crippen LogP contribution in [0.3, 0.4) is 0 Å². The van der Waals surface area contributed by atoms with Gasteiger partial charge >= 0.3 is 0 Å². The van der Waals surface area contributed by atoms with Crippen LogP contribution >= 0.6 is 0 Å². The van der Waals surface area contributed by atoms with Gasteiger partial charge in [0.15, 0.2) is 5.69 Å². The van der Waals surface area contributed by atoms with E-state index in [2.05, 4.69) is 4.98 Å². The number of carbonyl (C=O) groups excluding carboxylic acids is 2. The van der Waals surface area contributed by atoms with Crippen molar-refractivity contribution in [1.82, 2.24) is 14.5 Å². The van der Waals surface area contributed by atoms with Crippen LogP contribution < -0.4 is 4.90 Å². The maximum Gasteiger partial charge on any atom is 0.276 e. The molecular formula is C9H12N4O2. The molecule has 80 valence electrons. The van der Waals surface area contributed by atoms with Crippen molar-refractivity contribution in [2.24, 2.45) is 7.05 Å². The van der Waals surface area contributed by atoms with Gasteiger partial charge in [-0.2, -0.15) is 0 Å². The maximum atomic E-state index is 11.8. The number of imidazole rings is 1. The van der Waals surface area contributed by atoms with Gasteiger partial charge < -0.3 is 9.47 Å². The fourth-order valence-electron chi connectivity index (χ4n) is 1.65. The average Bonchev–Trinajstić information content (AvgIpc) is 2.54. The summed E-state index contributed by atoms with van der Waals surface area (Å²) >= 11 is 0. The number of nitrogens with zero attached hydrogens (tertiary/aromatic N) is 4. The molecule has 0 unspecified atom stereocenters. The zero-order valence-electron chi connectivity index (χ0n) is 8.89. The number of amides is 2. The van der Waals surface area contributed by atoms with Crippen LogP contribution in [0.2, 0.25) is 0 Å². The number of aromatic nitrogens is 2. The number of hydrogen-bond acceptors (Lipinski definition) is 3. The van der Waals surface area contributed by atoms with E-state index in [0.29, 0.717) is 11.5 Å². The molecule has 0 atom stereocenters. The van der Waals surface area contributed by atoms with E-state index in [0.717, 1.165) is 0 Å². The van der Waals surface area contributed by atoms with E-state index in [4.69, 9.17) is 0 Å². The van der Waals surface area contributed by atoms with Gasteiger partial charge in [0.1, 0.15) is 12.4 Å². The Labute approximate surface area is 87.1 Å². The van der Waals surface area contributed by atoms with Crippen LogP contribution in [0.25, 0.3) is 0 Å². The first-order valence-corrected chi connectivity index (χ1v) is 4.55. The molecule has 6 heteroatoms. The summed E-state index contributed by atoms with van der Waals surface area (Å²) in [5.41, 5.74) is 0.327. The van der Waals surface area contributed by atoms with Crippen LogP contribution in [-0.2, 0) is 11.8 Å². The van der Waals surface area contributed by atoms with Crippen molar-refractivity contribution in [2.45, 2.75) is 0 Å². The van der Waals surface area contributed by atoms with Crippen molar-refractivity contribution in [3.8, 4) is 0 Å². The lowest BCUT2D eigenvalue weighted by atomic mass is 10.4. The molecule has 1 aromatic heterocycles. The monoisotopic (exact) mass is 208 g/mol. The molecule has 6 nitrogen and oxygen atoms in total. The third-order valence-electron chi connectivity index (χ3n) is 2.52. The highest BCUT2D eigenvalue weighted by Gasteiger charge is 2.30.